The Morgan fingerprint density at radius 1 is 1.47 bits per heavy atom. The number of nitrogens with zero attached hydrogens (tertiary/aromatic N) is 4. The van der Waals surface area contributed by atoms with Gasteiger partial charge in [-0.05, 0) is 12.1 Å². The van der Waals surface area contributed by atoms with E-state index >= 15 is 0 Å². The summed E-state index contributed by atoms with van der Waals surface area (Å²) in [6, 6.07) is 7.71. The van der Waals surface area contributed by atoms with Crippen molar-refractivity contribution in [1.82, 2.24) is 15.0 Å². The second-order valence-corrected chi connectivity index (χ2v) is 3.36. The molecule has 1 aromatic carbocycles. The molecule has 0 amide bonds. The number of aliphatic hydroxyl groups is 1. The highest BCUT2D eigenvalue weighted by Crippen LogP contribution is 2.22. The van der Waals surface area contributed by atoms with Crippen molar-refractivity contribution in [1.29, 1.82) is 5.26 Å². The molecule has 1 heterocycles. The van der Waals surface area contributed by atoms with Crippen LogP contribution in [0.4, 0.5) is 4.39 Å². The lowest BCUT2D eigenvalue weighted by atomic mass is 10.1. The topological polar surface area (TPSA) is 74.7 Å². The molecule has 0 aliphatic carbocycles. The predicted molar refractivity (Wildman–Crippen MR) is 57.2 cm³/mol. The van der Waals surface area contributed by atoms with Gasteiger partial charge in [0, 0.05) is 5.56 Å². The summed E-state index contributed by atoms with van der Waals surface area (Å²) in [5, 5.41) is 25.2. The monoisotopic (exact) mass is 232 g/mol. The van der Waals surface area contributed by atoms with Crippen LogP contribution >= 0.6 is 0 Å². The van der Waals surface area contributed by atoms with Gasteiger partial charge in [0.25, 0.3) is 0 Å². The Morgan fingerprint density at radius 2 is 2.29 bits per heavy atom. The summed E-state index contributed by atoms with van der Waals surface area (Å²) in [4.78, 5) is 0. The number of nitriles is 1. The van der Waals surface area contributed by atoms with Crippen molar-refractivity contribution in [3.8, 4) is 17.3 Å². The summed E-state index contributed by atoms with van der Waals surface area (Å²) < 4.78 is 14.5. The molecule has 0 atom stereocenters. The molecule has 6 heteroatoms. The van der Waals surface area contributed by atoms with E-state index < -0.39 is 5.82 Å². The molecule has 0 aliphatic rings. The molecule has 17 heavy (non-hydrogen) atoms. The fourth-order valence-corrected chi connectivity index (χ4v) is 1.56. The first-order valence-electron chi connectivity index (χ1n) is 4.96. The van der Waals surface area contributed by atoms with Crippen molar-refractivity contribution in [3.05, 3.63) is 35.8 Å². The quantitative estimate of drug-likeness (QED) is 0.854. The summed E-state index contributed by atoms with van der Waals surface area (Å²) in [6.07, 6.45) is 0. The minimum absolute atomic E-state index is 0.115. The van der Waals surface area contributed by atoms with E-state index in [1.54, 1.807) is 12.1 Å². The van der Waals surface area contributed by atoms with Crippen LogP contribution in [-0.2, 0) is 6.54 Å². The van der Waals surface area contributed by atoms with Crippen molar-refractivity contribution in [2.75, 3.05) is 6.61 Å². The summed E-state index contributed by atoms with van der Waals surface area (Å²) in [5.74, 6) is -0.400. The third-order valence-corrected chi connectivity index (χ3v) is 2.25. The van der Waals surface area contributed by atoms with Crippen molar-refractivity contribution in [2.24, 2.45) is 0 Å². The molecule has 0 saturated carbocycles. The fraction of sp³-hybridized carbons (Fsp3) is 0.182. The summed E-state index contributed by atoms with van der Waals surface area (Å²) in [6.45, 7) is 0.0804. The van der Waals surface area contributed by atoms with Crippen LogP contribution in [0.5, 0.6) is 0 Å². The van der Waals surface area contributed by atoms with Gasteiger partial charge in [0.15, 0.2) is 5.69 Å². The smallest absolute Gasteiger partial charge is 0.190 e. The number of hydrogen-bond donors (Lipinski definition) is 1. The highest BCUT2D eigenvalue weighted by Gasteiger charge is 2.14. The standard InChI is InChI=1S/C11H9FN4O/c12-9-3-1-2-8(6-9)11-10(7-13)14-15-16(11)4-5-17/h1-3,6,17H,4-5H2. The van der Waals surface area contributed by atoms with E-state index in [0.29, 0.717) is 11.3 Å². The summed E-state index contributed by atoms with van der Waals surface area (Å²) in [5.41, 5.74) is 1.05. The SMILES string of the molecule is N#Cc1nnn(CCO)c1-c1cccc(F)c1. The normalized spacial score (nSPS) is 10.2. The Kier molecular flexibility index (Phi) is 3.12. The molecule has 86 valence electrons. The second-order valence-electron chi connectivity index (χ2n) is 3.36. The maximum Gasteiger partial charge on any atom is 0.190 e. The Balaban J connectivity index is 2.56. The summed E-state index contributed by atoms with van der Waals surface area (Å²) >= 11 is 0. The van der Waals surface area contributed by atoms with Crippen LogP contribution in [0, 0.1) is 17.1 Å². The zero-order valence-electron chi connectivity index (χ0n) is 8.84. The zero-order chi connectivity index (χ0) is 12.3. The summed E-state index contributed by atoms with van der Waals surface area (Å²) in [7, 11) is 0. The van der Waals surface area contributed by atoms with E-state index in [1.165, 1.54) is 16.8 Å². The van der Waals surface area contributed by atoms with Gasteiger partial charge in [-0.25, -0.2) is 9.07 Å². The highest BCUT2D eigenvalue weighted by atomic mass is 19.1. The molecule has 0 radical (unpaired) electrons. The highest BCUT2D eigenvalue weighted by molar-refractivity contribution is 5.64. The minimum atomic E-state index is -0.400. The van der Waals surface area contributed by atoms with Crippen LogP contribution in [-0.4, -0.2) is 26.7 Å². The Hall–Kier alpha value is -2.26. The van der Waals surface area contributed by atoms with E-state index in [9.17, 15) is 4.39 Å². The zero-order valence-corrected chi connectivity index (χ0v) is 8.84. The van der Waals surface area contributed by atoms with E-state index in [4.69, 9.17) is 10.4 Å². The van der Waals surface area contributed by atoms with Crippen LogP contribution in [0.15, 0.2) is 24.3 Å². The van der Waals surface area contributed by atoms with Crippen LogP contribution in [0.1, 0.15) is 5.69 Å². The number of hydrogen-bond acceptors (Lipinski definition) is 4. The molecule has 1 aromatic heterocycles. The molecule has 0 saturated heterocycles. The third-order valence-electron chi connectivity index (χ3n) is 2.25. The largest absolute Gasteiger partial charge is 0.394 e. The number of benzene rings is 1. The van der Waals surface area contributed by atoms with Gasteiger partial charge < -0.3 is 5.11 Å². The lowest BCUT2D eigenvalue weighted by molar-refractivity contribution is 0.269. The molecular formula is C11H9FN4O. The first kappa shape index (κ1) is 11.2. The molecule has 5 nitrogen and oxygen atoms in total. The molecule has 0 aliphatic heterocycles. The van der Waals surface area contributed by atoms with Gasteiger partial charge in [0.1, 0.15) is 17.6 Å². The Bertz CT molecular complexity index is 573. The number of halogens is 1. The maximum absolute atomic E-state index is 13.1. The van der Waals surface area contributed by atoms with E-state index in [2.05, 4.69) is 10.3 Å². The predicted octanol–water partition coefficient (Wildman–Crippen LogP) is 0.948. The number of rotatable bonds is 3. The van der Waals surface area contributed by atoms with Crippen LogP contribution < -0.4 is 0 Å². The van der Waals surface area contributed by atoms with Gasteiger partial charge in [-0.2, -0.15) is 5.26 Å². The van der Waals surface area contributed by atoms with E-state index in [-0.39, 0.29) is 18.8 Å². The van der Waals surface area contributed by atoms with Crippen LogP contribution in [0.25, 0.3) is 11.3 Å². The van der Waals surface area contributed by atoms with Gasteiger partial charge >= 0.3 is 0 Å². The van der Waals surface area contributed by atoms with Crippen molar-refractivity contribution >= 4 is 0 Å². The average Bonchev–Trinajstić information content (AvgIpc) is 2.72. The number of aromatic nitrogens is 3. The van der Waals surface area contributed by atoms with Gasteiger partial charge in [-0.15, -0.1) is 5.10 Å². The van der Waals surface area contributed by atoms with Gasteiger partial charge in [0.05, 0.1) is 13.2 Å². The minimum Gasteiger partial charge on any atom is -0.394 e. The Morgan fingerprint density at radius 3 is 2.94 bits per heavy atom. The van der Waals surface area contributed by atoms with Crippen LogP contribution in [0.3, 0.4) is 0 Å². The molecule has 0 fully saturated rings. The fourth-order valence-electron chi connectivity index (χ4n) is 1.56. The first-order chi connectivity index (χ1) is 8.26. The van der Waals surface area contributed by atoms with E-state index in [0.717, 1.165) is 0 Å². The second kappa shape index (κ2) is 4.72. The van der Waals surface area contributed by atoms with Crippen molar-refractivity contribution in [2.45, 2.75) is 6.54 Å². The Labute approximate surface area is 96.7 Å². The molecule has 0 unspecified atom stereocenters. The van der Waals surface area contributed by atoms with Crippen LogP contribution in [0.2, 0.25) is 0 Å². The van der Waals surface area contributed by atoms with Gasteiger partial charge in [-0.3, -0.25) is 0 Å². The van der Waals surface area contributed by atoms with E-state index in [1.807, 2.05) is 6.07 Å². The van der Waals surface area contributed by atoms with Gasteiger partial charge in [0.2, 0.25) is 0 Å². The van der Waals surface area contributed by atoms with Crippen molar-refractivity contribution < 1.29 is 9.50 Å². The molecular weight excluding hydrogens is 223 g/mol. The lowest BCUT2D eigenvalue weighted by Crippen LogP contribution is -2.06. The van der Waals surface area contributed by atoms with Gasteiger partial charge in [-0.1, -0.05) is 17.3 Å². The van der Waals surface area contributed by atoms with Crippen molar-refractivity contribution in [3.63, 3.8) is 0 Å². The molecule has 2 aromatic rings. The maximum atomic E-state index is 13.1. The third kappa shape index (κ3) is 2.14. The lowest BCUT2D eigenvalue weighted by Gasteiger charge is -2.04. The molecule has 0 spiro atoms. The molecule has 1 N–H and O–H groups in total. The number of aliphatic hydroxyl groups excluding tert-OH is 1. The molecule has 0 bridgehead atoms. The average molecular weight is 232 g/mol. The molecule has 2 rings (SSSR count). The first-order valence-corrected chi connectivity index (χ1v) is 4.96.